The van der Waals surface area contributed by atoms with Gasteiger partial charge < -0.3 is 9.47 Å². The van der Waals surface area contributed by atoms with E-state index in [-0.39, 0.29) is 29.5 Å². The van der Waals surface area contributed by atoms with Crippen molar-refractivity contribution in [3.05, 3.63) is 65.1 Å². The van der Waals surface area contributed by atoms with E-state index in [4.69, 9.17) is 9.47 Å². The topological polar surface area (TPSA) is 68.7 Å². The van der Waals surface area contributed by atoms with E-state index in [1.165, 1.54) is 0 Å². The molecule has 5 rings (SSSR count). The predicted molar refractivity (Wildman–Crippen MR) is 111 cm³/mol. The van der Waals surface area contributed by atoms with Gasteiger partial charge in [0.05, 0.1) is 24.6 Å². The first-order chi connectivity index (χ1) is 14.6. The first kappa shape index (κ1) is 18.9. The van der Waals surface area contributed by atoms with Gasteiger partial charge in [-0.3, -0.25) is 14.5 Å². The van der Waals surface area contributed by atoms with Crippen LogP contribution in [0.1, 0.15) is 42.9 Å². The molecule has 1 amide bonds. The van der Waals surface area contributed by atoms with Gasteiger partial charge in [0.15, 0.2) is 11.5 Å². The number of ether oxygens (including phenoxy) is 2. The van der Waals surface area contributed by atoms with Crippen molar-refractivity contribution in [2.24, 2.45) is 5.92 Å². The number of aromatic nitrogens is 1. The summed E-state index contributed by atoms with van der Waals surface area (Å²) in [4.78, 5) is 33.3. The fraction of sp³-hybridized carbons (Fsp3) is 0.375. The summed E-state index contributed by atoms with van der Waals surface area (Å²) in [7, 11) is 1.60. The molecule has 1 fully saturated rings. The molecule has 3 heterocycles. The number of rotatable bonds is 3. The molecule has 154 valence electrons. The Bertz CT molecular complexity index is 1060. The maximum Gasteiger partial charge on any atom is 0.295 e. The maximum atomic E-state index is 13.6. The third-order valence-electron chi connectivity index (χ3n) is 6.38. The molecule has 1 aromatic heterocycles. The van der Waals surface area contributed by atoms with Gasteiger partial charge in [0.25, 0.3) is 5.91 Å². The summed E-state index contributed by atoms with van der Waals surface area (Å²) in [5.74, 6) is 0.981. The highest BCUT2D eigenvalue weighted by Crippen LogP contribution is 2.48. The first-order valence-electron chi connectivity index (χ1n) is 10.4. The molecule has 0 spiro atoms. The molecule has 6 heteroatoms. The molecule has 1 saturated carbocycles. The van der Waals surface area contributed by atoms with E-state index < -0.39 is 6.04 Å². The summed E-state index contributed by atoms with van der Waals surface area (Å²) >= 11 is 0. The maximum absolute atomic E-state index is 13.6. The van der Waals surface area contributed by atoms with Gasteiger partial charge in [0.1, 0.15) is 17.7 Å². The van der Waals surface area contributed by atoms with Gasteiger partial charge in [-0.05, 0) is 55.5 Å². The first-order valence-corrected chi connectivity index (χ1v) is 10.4. The number of nitrogens with zero attached hydrogens (tertiary/aromatic N) is 2. The van der Waals surface area contributed by atoms with E-state index in [9.17, 15) is 9.59 Å². The number of hydrogen-bond donors (Lipinski definition) is 0. The molecule has 6 nitrogen and oxygen atoms in total. The molecular formula is C24H24N2O4. The highest BCUT2D eigenvalue weighted by atomic mass is 16.5. The van der Waals surface area contributed by atoms with Crippen molar-refractivity contribution < 1.29 is 19.1 Å². The minimum atomic E-state index is -0.577. The summed E-state index contributed by atoms with van der Waals surface area (Å²) in [6, 6.07) is 10.7. The largest absolute Gasteiger partial charge is 0.497 e. The SMILES string of the molecule is COc1cccc(C2C3=C(OC4CCCCC4C3=O)C(=O)N2c2ncccc2C)c1. The lowest BCUT2D eigenvalue weighted by Gasteiger charge is -2.35. The van der Waals surface area contributed by atoms with Crippen LogP contribution in [0.3, 0.4) is 0 Å². The van der Waals surface area contributed by atoms with Crippen molar-refractivity contribution in [3.63, 3.8) is 0 Å². The second-order valence-corrected chi connectivity index (χ2v) is 8.15. The highest BCUT2D eigenvalue weighted by molar-refractivity contribution is 6.18. The molecule has 2 aromatic rings. The van der Waals surface area contributed by atoms with E-state index in [0.717, 1.165) is 36.8 Å². The third kappa shape index (κ3) is 2.82. The fourth-order valence-corrected chi connectivity index (χ4v) is 4.92. The fourth-order valence-electron chi connectivity index (χ4n) is 4.92. The van der Waals surface area contributed by atoms with E-state index in [0.29, 0.717) is 17.1 Å². The van der Waals surface area contributed by atoms with Crippen LogP contribution in [0, 0.1) is 12.8 Å². The van der Waals surface area contributed by atoms with Gasteiger partial charge in [-0.25, -0.2) is 4.98 Å². The zero-order valence-corrected chi connectivity index (χ0v) is 17.1. The Morgan fingerprint density at radius 1 is 1.13 bits per heavy atom. The van der Waals surface area contributed by atoms with Crippen LogP contribution in [0.4, 0.5) is 5.82 Å². The lowest BCUT2D eigenvalue weighted by Crippen LogP contribution is -2.39. The van der Waals surface area contributed by atoms with Crippen LogP contribution in [-0.4, -0.2) is 29.9 Å². The molecule has 3 atom stereocenters. The molecule has 1 aromatic carbocycles. The zero-order valence-electron chi connectivity index (χ0n) is 17.1. The van der Waals surface area contributed by atoms with Gasteiger partial charge in [-0.15, -0.1) is 0 Å². The average molecular weight is 404 g/mol. The Morgan fingerprint density at radius 2 is 1.97 bits per heavy atom. The summed E-state index contributed by atoms with van der Waals surface area (Å²) in [6.07, 6.45) is 5.12. The Morgan fingerprint density at radius 3 is 2.77 bits per heavy atom. The number of benzene rings is 1. The van der Waals surface area contributed by atoms with Crippen molar-refractivity contribution in [2.45, 2.75) is 44.8 Å². The number of ketones is 1. The van der Waals surface area contributed by atoms with E-state index >= 15 is 0 Å². The summed E-state index contributed by atoms with van der Waals surface area (Å²) in [5.41, 5.74) is 2.13. The van der Waals surface area contributed by atoms with Gasteiger partial charge in [0.2, 0.25) is 0 Å². The standard InChI is InChI=1S/C24H24N2O4/c1-14-7-6-12-25-23(14)26-20(15-8-5-9-16(13-15)29-2)19-21(27)17-10-3-4-11-18(17)30-22(19)24(26)28/h5-9,12-13,17-18,20H,3-4,10-11H2,1-2H3. The van der Waals surface area contributed by atoms with Crippen molar-refractivity contribution >= 4 is 17.5 Å². The second kappa shape index (κ2) is 7.27. The highest BCUT2D eigenvalue weighted by Gasteiger charge is 2.53. The number of methoxy groups -OCH3 is 1. The van der Waals surface area contributed by atoms with Crippen molar-refractivity contribution in [1.82, 2.24) is 4.98 Å². The van der Waals surface area contributed by atoms with Crippen LogP contribution in [0.25, 0.3) is 0 Å². The summed E-state index contributed by atoms with van der Waals surface area (Å²) < 4.78 is 11.6. The smallest absolute Gasteiger partial charge is 0.295 e. The van der Waals surface area contributed by atoms with Gasteiger partial charge in [-0.2, -0.15) is 0 Å². The molecule has 3 unspecified atom stereocenters. The number of fused-ring (bicyclic) bond motifs is 1. The van der Waals surface area contributed by atoms with Crippen molar-refractivity contribution in [2.75, 3.05) is 12.0 Å². The molecule has 0 N–H and O–H groups in total. The molecule has 0 bridgehead atoms. The second-order valence-electron chi connectivity index (χ2n) is 8.15. The lowest BCUT2D eigenvalue weighted by molar-refractivity contribution is -0.131. The van der Waals surface area contributed by atoms with E-state index in [1.807, 2.05) is 43.3 Å². The van der Waals surface area contributed by atoms with Crippen LogP contribution < -0.4 is 9.64 Å². The molecular weight excluding hydrogens is 380 g/mol. The summed E-state index contributed by atoms with van der Waals surface area (Å²) in [6.45, 7) is 1.91. The Kier molecular flexibility index (Phi) is 4.57. The Hall–Kier alpha value is -3.15. The summed E-state index contributed by atoms with van der Waals surface area (Å²) in [5, 5.41) is 0. The predicted octanol–water partition coefficient (Wildman–Crippen LogP) is 3.90. The number of anilines is 1. The molecule has 30 heavy (non-hydrogen) atoms. The van der Waals surface area contributed by atoms with Crippen LogP contribution >= 0.6 is 0 Å². The number of carbonyl (C=O) groups is 2. The number of carbonyl (C=O) groups excluding carboxylic acids is 2. The van der Waals surface area contributed by atoms with Gasteiger partial charge >= 0.3 is 0 Å². The van der Waals surface area contributed by atoms with Crippen LogP contribution in [0.5, 0.6) is 5.75 Å². The van der Waals surface area contributed by atoms with E-state index in [2.05, 4.69) is 4.98 Å². The zero-order chi connectivity index (χ0) is 20.8. The van der Waals surface area contributed by atoms with E-state index in [1.54, 1.807) is 18.2 Å². The average Bonchev–Trinajstić information content (AvgIpc) is 3.07. The normalized spacial score (nSPS) is 25.7. The van der Waals surface area contributed by atoms with Crippen molar-refractivity contribution in [3.8, 4) is 5.75 Å². The van der Waals surface area contributed by atoms with Gasteiger partial charge in [-0.1, -0.05) is 24.6 Å². The quantitative estimate of drug-likeness (QED) is 0.776. The Balaban J connectivity index is 1.68. The van der Waals surface area contributed by atoms with Crippen LogP contribution in [-0.2, 0) is 14.3 Å². The number of Topliss-reactive ketones (excluding diaryl/α,β-unsaturated/α-hetero) is 1. The monoisotopic (exact) mass is 404 g/mol. The van der Waals surface area contributed by atoms with Crippen LogP contribution in [0.2, 0.25) is 0 Å². The van der Waals surface area contributed by atoms with Gasteiger partial charge in [0, 0.05) is 6.20 Å². The molecule has 0 saturated heterocycles. The molecule has 3 aliphatic rings. The number of aryl methyl sites for hydroxylation is 1. The minimum absolute atomic E-state index is 0.0400. The third-order valence-corrected chi connectivity index (χ3v) is 6.38. The van der Waals surface area contributed by atoms with Crippen LogP contribution in [0.15, 0.2) is 53.9 Å². The Labute approximate surface area is 175 Å². The minimum Gasteiger partial charge on any atom is -0.497 e. The number of amides is 1. The lowest BCUT2D eigenvalue weighted by atomic mass is 9.77. The number of pyridine rings is 1. The van der Waals surface area contributed by atoms with Crippen molar-refractivity contribution in [1.29, 1.82) is 0 Å². The molecule has 1 aliphatic carbocycles. The molecule has 2 aliphatic heterocycles. The molecule has 0 radical (unpaired) electrons. The number of hydrogen-bond acceptors (Lipinski definition) is 5.